The predicted molar refractivity (Wildman–Crippen MR) is 72.0 cm³/mol. The Labute approximate surface area is 120 Å². The van der Waals surface area contributed by atoms with Crippen molar-refractivity contribution in [2.45, 2.75) is 0 Å². The van der Waals surface area contributed by atoms with E-state index < -0.39 is 23.2 Å². The van der Waals surface area contributed by atoms with Gasteiger partial charge in [0.05, 0.1) is 5.52 Å². The number of para-hydroxylation sites is 1. The number of benzene rings is 1. The number of anilines is 1. The maximum absolute atomic E-state index is 13.1. The lowest BCUT2D eigenvalue weighted by Crippen LogP contribution is -2.19. The largest absolute Gasteiger partial charge is 0.351 e. The van der Waals surface area contributed by atoms with E-state index in [-0.39, 0.29) is 11.2 Å². The number of nitrogens with two attached hydrogens (primary N) is 1. The van der Waals surface area contributed by atoms with Gasteiger partial charge in [0, 0.05) is 10.7 Å². The lowest BCUT2D eigenvalue weighted by molar-refractivity contribution is 0.259. The molecule has 0 aliphatic rings. The number of fused-ring (bicyclic) bond motifs is 1. The molecule has 2 aromatic heterocycles. The van der Waals surface area contributed by atoms with Gasteiger partial charge in [0.2, 0.25) is 5.82 Å². The molecule has 0 unspecified atom stereocenters. The number of aromatic amines is 1. The van der Waals surface area contributed by atoms with E-state index in [2.05, 4.69) is 25.2 Å². The molecule has 1 aromatic carbocycles. The number of hydrogen-bond acceptors (Lipinski definition) is 5. The van der Waals surface area contributed by atoms with Crippen LogP contribution in [0.25, 0.3) is 10.9 Å². The second kappa shape index (κ2) is 6.43. The summed E-state index contributed by atoms with van der Waals surface area (Å²) in [5.74, 6) is -2.25. The smallest absolute Gasteiger partial charge is 0.317 e. The van der Waals surface area contributed by atoms with Gasteiger partial charge >= 0.3 is 6.03 Å². The predicted octanol–water partition coefficient (Wildman–Crippen LogP) is 1.37. The first-order chi connectivity index (χ1) is 10.5. The zero-order valence-electron chi connectivity index (χ0n) is 10.8. The van der Waals surface area contributed by atoms with E-state index in [4.69, 9.17) is 5.73 Å². The fraction of sp³-hybridized carbons (Fsp3) is 0. The molecule has 0 bridgehead atoms. The van der Waals surface area contributed by atoms with Crippen molar-refractivity contribution in [2.75, 3.05) is 5.32 Å². The number of amides is 2. The van der Waals surface area contributed by atoms with Crippen LogP contribution in [0.4, 0.5) is 19.4 Å². The van der Waals surface area contributed by atoms with E-state index in [0.717, 1.165) is 0 Å². The summed E-state index contributed by atoms with van der Waals surface area (Å²) >= 11 is 0. The first-order valence-electron chi connectivity index (χ1n) is 5.78. The molecule has 0 aliphatic carbocycles. The Morgan fingerprint density at radius 1 is 1.27 bits per heavy atom. The Hall–Kier alpha value is -3.30. The standard InChI is InChI=1S/C9H5F2NO.C3H4N4O2/c10-7-5-3-1-2-4-6(5)12-9(13)8(7)11;4-3(8)5-2-1-9-7-6-2/h1-4H,(H,12,13);1H,(H3,4,5,8). The normalized spacial score (nSPS) is 9.91. The fourth-order valence-corrected chi connectivity index (χ4v) is 1.52. The highest BCUT2D eigenvalue weighted by Crippen LogP contribution is 2.14. The molecular weight excluding hydrogens is 300 g/mol. The van der Waals surface area contributed by atoms with E-state index in [9.17, 15) is 18.4 Å². The number of rotatable bonds is 1. The average Bonchev–Trinajstić information content (AvgIpc) is 2.98. The highest BCUT2D eigenvalue weighted by atomic mass is 19.2. The van der Waals surface area contributed by atoms with E-state index >= 15 is 0 Å². The van der Waals surface area contributed by atoms with Crippen molar-refractivity contribution >= 4 is 22.8 Å². The highest BCUT2D eigenvalue weighted by molar-refractivity contribution is 5.86. The Balaban J connectivity index is 0.000000172. The lowest BCUT2D eigenvalue weighted by atomic mass is 10.2. The molecule has 2 amide bonds. The molecule has 3 rings (SSSR count). The monoisotopic (exact) mass is 309 g/mol. The number of H-pyrrole nitrogens is 1. The Kier molecular flexibility index (Phi) is 4.41. The quantitative estimate of drug-likeness (QED) is 0.625. The Bertz CT molecular complexity index is 848. The summed E-state index contributed by atoms with van der Waals surface area (Å²) in [7, 11) is 0. The summed E-state index contributed by atoms with van der Waals surface area (Å²) in [5.41, 5.74) is 3.99. The minimum atomic E-state index is -1.36. The van der Waals surface area contributed by atoms with Gasteiger partial charge in [0.25, 0.3) is 5.56 Å². The summed E-state index contributed by atoms with van der Waals surface area (Å²) in [6.45, 7) is 0. The number of nitrogens with zero attached hydrogens (tertiary/aromatic N) is 2. The average molecular weight is 309 g/mol. The second-order valence-corrected chi connectivity index (χ2v) is 3.91. The summed E-state index contributed by atoms with van der Waals surface area (Å²) in [4.78, 5) is 23.1. The van der Waals surface area contributed by atoms with E-state index in [0.29, 0.717) is 5.52 Å². The van der Waals surface area contributed by atoms with Crippen LogP contribution in [0.5, 0.6) is 0 Å². The van der Waals surface area contributed by atoms with Gasteiger partial charge in [-0.25, -0.2) is 9.18 Å². The maximum atomic E-state index is 13.1. The van der Waals surface area contributed by atoms with E-state index in [1.807, 2.05) is 0 Å². The summed E-state index contributed by atoms with van der Waals surface area (Å²) in [5, 5.41) is 8.65. The summed E-state index contributed by atoms with van der Waals surface area (Å²) in [6.07, 6.45) is 1.17. The van der Waals surface area contributed by atoms with Gasteiger partial charge in [0.15, 0.2) is 17.9 Å². The van der Waals surface area contributed by atoms with Gasteiger partial charge in [-0.1, -0.05) is 17.2 Å². The molecule has 8 nitrogen and oxygen atoms in total. The number of nitrogens with one attached hydrogen (secondary N) is 2. The molecule has 4 N–H and O–H groups in total. The zero-order chi connectivity index (χ0) is 16.1. The molecule has 3 aromatic rings. The van der Waals surface area contributed by atoms with Gasteiger partial charge in [-0.15, -0.1) is 0 Å². The summed E-state index contributed by atoms with van der Waals surface area (Å²) in [6, 6.07) is 5.44. The topological polar surface area (TPSA) is 127 Å². The molecule has 0 spiro atoms. The van der Waals surface area contributed by atoms with Gasteiger partial charge in [-0.05, 0) is 12.1 Å². The van der Waals surface area contributed by atoms with Crippen molar-refractivity contribution in [3.63, 3.8) is 0 Å². The van der Waals surface area contributed by atoms with Crippen LogP contribution in [-0.4, -0.2) is 21.4 Å². The van der Waals surface area contributed by atoms with Crippen molar-refractivity contribution in [1.29, 1.82) is 0 Å². The van der Waals surface area contributed by atoms with Crippen molar-refractivity contribution in [3.8, 4) is 0 Å². The van der Waals surface area contributed by atoms with Crippen molar-refractivity contribution in [2.24, 2.45) is 5.73 Å². The van der Waals surface area contributed by atoms with Crippen LogP contribution in [0.2, 0.25) is 0 Å². The van der Waals surface area contributed by atoms with Gasteiger partial charge in [0.1, 0.15) is 0 Å². The number of carbonyl (C=O) groups excluding carboxylic acids is 1. The van der Waals surface area contributed by atoms with E-state index in [1.165, 1.54) is 18.4 Å². The minimum absolute atomic E-state index is 0.0830. The molecule has 114 valence electrons. The fourth-order valence-electron chi connectivity index (χ4n) is 1.52. The Morgan fingerprint density at radius 3 is 2.64 bits per heavy atom. The lowest BCUT2D eigenvalue weighted by Gasteiger charge is -1.98. The molecule has 10 heteroatoms. The van der Waals surface area contributed by atoms with Crippen LogP contribution in [0.3, 0.4) is 0 Å². The number of primary amides is 1. The van der Waals surface area contributed by atoms with Crippen LogP contribution in [0.1, 0.15) is 0 Å². The molecular formula is C12H9F2N5O3. The third-order valence-corrected chi connectivity index (χ3v) is 2.42. The molecule has 0 radical (unpaired) electrons. The second-order valence-electron chi connectivity index (χ2n) is 3.91. The molecule has 2 heterocycles. The first kappa shape index (κ1) is 15.1. The maximum Gasteiger partial charge on any atom is 0.317 e. The van der Waals surface area contributed by atoms with Crippen molar-refractivity contribution in [1.82, 2.24) is 15.4 Å². The third kappa shape index (κ3) is 3.42. The van der Waals surface area contributed by atoms with Crippen molar-refractivity contribution in [3.05, 3.63) is 52.5 Å². The zero-order valence-corrected chi connectivity index (χ0v) is 10.8. The molecule has 22 heavy (non-hydrogen) atoms. The minimum Gasteiger partial charge on any atom is -0.351 e. The SMILES string of the molecule is NC(=O)Nc1conn1.O=c1[nH]c2ccccc2c(F)c1F. The number of carbonyl (C=O) groups is 1. The number of urea groups is 1. The molecule has 0 atom stereocenters. The number of halogens is 2. The van der Waals surface area contributed by atoms with Crippen molar-refractivity contribution < 1.29 is 18.1 Å². The molecule has 0 saturated carbocycles. The molecule has 0 fully saturated rings. The van der Waals surface area contributed by atoms with Gasteiger partial charge < -0.3 is 15.2 Å². The van der Waals surface area contributed by atoms with Crippen LogP contribution < -0.4 is 16.6 Å². The first-order valence-corrected chi connectivity index (χ1v) is 5.78. The van der Waals surface area contributed by atoms with Crippen LogP contribution >= 0.6 is 0 Å². The van der Waals surface area contributed by atoms with E-state index in [1.54, 1.807) is 12.1 Å². The number of aromatic nitrogens is 3. The van der Waals surface area contributed by atoms with Gasteiger partial charge in [-0.3, -0.25) is 10.1 Å². The van der Waals surface area contributed by atoms with Crippen LogP contribution in [0, 0.1) is 11.6 Å². The number of hydrogen-bond donors (Lipinski definition) is 3. The highest BCUT2D eigenvalue weighted by Gasteiger charge is 2.10. The molecule has 0 aliphatic heterocycles. The third-order valence-electron chi connectivity index (χ3n) is 2.42. The van der Waals surface area contributed by atoms with Crippen LogP contribution in [0.15, 0.2) is 39.8 Å². The Morgan fingerprint density at radius 2 is 2.00 bits per heavy atom. The summed E-state index contributed by atoms with van der Waals surface area (Å²) < 4.78 is 30.1. The van der Waals surface area contributed by atoms with Crippen LogP contribution in [-0.2, 0) is 0 Å². The van der Waals surface area contributed by atoms with Gasteiger partial charge in [-0.2, -0.15) is 4.39 Å². The number of pyridine rings is 1. The molecule has 0 saturated heterocycles.